The molecule has 5 heteroatoms. The van der Waals surface area contributed by atoms with E-state index in [-0.39, 0.29) is 18.2 Å². The minimum atomic E-state index is -0.565. The van der Waals surface area contributed by atoms with Crippen molar-refractivity contribution in [3.63, 3.8) is 0 Å². The predicted molar refractivity (Wildman–Crippen MR) is 98.0 cm³/mol. The summed E-state index contributed by atoms with van der Waals surface area (Å²) >= 11 is 0. The first-order valence-electron chi connectivity index (χ1n) is 8.43. The quantitative estimate of drug-likeness (QED) is 0.849. The molecule has 1 aliphatic rings. The highest BCUT2D eigenvalue weighted by Gasteiger charge is 2.40. The summed E-state index contributed by atoms with van der Waals surface area (Å²) in [5.74, 6) is 0.0624. The van der Waals surface area contributed by atoms with Crippen molar-refractivity contribution in [3.05, 3.63) is 53.6 Å². The number of benzene rings is 2. The molecule has 2 aromatic rings. The maximum atomic E-state index is 12.8. The normalized spacial score (nSPS) is 17.1. The molecule has 130 valence electrons. The van der Waals surface area contributed by atoms with Crippen molar-refractivity contribution in [1.29, 1.82) is 0 Å². The first-order valence-corrected chi connectivity index (χ1v) is 8.43. The van der Waals surface area contributed by atoms with Gasteiger partial charge in [-0.25, -0.2) is 4.90 Å². The molecule has 0 unspecified atom stereocenters. The van der Waals surface area contributed by atoms with Gasteiger partial charge in [-0.3, -0.25) is 9.59 Å². The topological polar surface area (TPSA) is 58.6 Å². The lowest BCUT2D eigenvalue weighted by atomic mass is 10.1. The second-order valence-electron chi connectivity index (χ2n) is 6.17. The van der Waals surface area contributed by atoms with Gasteiger partial charge in [0.25, 0.3) is 5.91 Å². The minimum absolute atomic E-state index is 0.131. The van der Waals surface area contributed by atoms with Crippen LogP contribution < -0.4 is 15.0 Å². The fourth-order valence-corrected chi connectivity index (χ4v) is 2.95. The molecule has 0 spiro atoms. The van der Waals surface area contributed by atoms with Crippen molar-refractivity contribution in [2.45, 2.75) is 33.2 Å². The van der Waals surface area contributed by atoms with Crippen molar-refractivity contribution in [2.75, 3.05) is 16.8 Å². The Bertz CT molecular complexity index is 816. The van der Waals surface area contributed by atoms with Crippen LogP contribution in [0.4, 0.5) is 11.4 Å². The van der Waals surface area contributed by atoms with Crippen LogP contribution in [0.5, 0.6) is 5.75 Å². The lowest BCUT2D eigenvalue weighted by molar-refractivity contribution is -0.121. The van der Waals surface area contributed by atoms with Crippen molar-refractivity contribution in [1.82, 2.24) is 0 Å². The molecule has 1 saturated heterocycles. The molecule has 0 aliphatic carbocycles. The predicted octanol–water partition coefficient (Wildman–Crippen LogP) is 3.45. The number of hydrogen-bond acceptors (Lipinski definition) is 4. The van der Waals surface area contributed by atoms with Gasteiger partial charge in [0.2, 0.25) is 5.91 Å². The van der Waals surface area contributed by atoms with Gasteiger partial charge in [-0.05, 0) is 56.2 Å². The third kappa shape index (κ3) is 3.36. The maximum absolute atomic E-state index is 12.8. The Balaban J connectivity index is 1.84. The number of hydrogen-bond donors (Lipinski definition) is 1. The van der Waals surface area contributed by atoms with E-state index >= 15 is 0 Å². The number of nitrogens with zero attached hydrogens (tertiary/aromatic N) is 1. The van der Waals surface area contributed by atoms with Crippen LogP contribution in [-0.4, -0.2) is 24.5 Å². The van der Waals surface area contributed by atoms with Crippen LogP contribution >= 0.6 is 0 Å². The van der Waals surface area contributed by atoms with Crippen LogP contribution in [0.1, 0.15) is 24.5 Å². The minimum Gasteiger partial charge on any atom is -0.492 e. The summed E-state index contributed by atoms with van der Waals surface area (Å²) in [4.78, 5) is 26.5. The van der Waals surface area contributed by atoms with Gasteiger partial charge in [0.15, 0.2) is 0 Å². The number of nitrogens with one attached hydrogen (secondary N) is 1. The van der Waals surface area contributed by atoms with Crippen LogP contribution in [0.25, 0.3) is 0 Å². The van der Waals surface area contributed by atoms with E-state index in [9.17, 15) is 9.59 Å². The summed E-state index contributed by atoms with van der Waals surface area (Å²) in [5.41, 5.74) is 3.67. The number of carbonyl (C=O) groups is 2. The molecule has 1 aliphatic heterocycles. The van der Waals surface area contributed by atoms with Gasteiger partial charge in [0.05, 0.1) is 18.7 Å². The Morgan fingerprint density at radius 1 is 1.12 bits per heavy atom. The van der Waals surface area contributed by atoms with Crippen molar-refractivity contribution < 1.29 is 14.3 Å². The fourth-order valence-electron chi connectivity index (χ4n) is 2.95. The molecule has 25 heavy (non-hydrogen) atoms. The molecule has 1 atom stereocenters. The summed E-state index contributed by atoms with van der Waals surface area (Å²) in [5, 5.41) is 3.19. The average molecular weight is 338 g/mol. The molecule has 0 saturated carbocycles. The number of rotatable bonds is 5. The van der Waals surface area contributed by atoms with Crippen molar-refractivity contribution in [2.24, 2.45) is 0 Å². The second kappa shape index (κ2) is 6.97. The van der Waals surface area contributed by atoms with E-state index < -0.39 is 6.04 Å². The van der Waals surface area contributed by atoms with E-state index in [1.807, 2.05) is 45.0 Å². The number of imide groups is 1. The van der Waals surface area contributed by atoms with E-state index in [4.69, 9.17) is 4.74 Å². The highest BCUT2D eigenvalue weighted by Crippen LogP contribution is 2.33. The zero-order valence-corrected chi connectivity index (χ0v) is 14.7. The number of aryl methyl sites for hydroxylation is 2. The van der Waals surface area contributed by atoms with Gasteiger partial charge in [0, 0.05) is 5.69 Å². The molecule has 2 aromatic carbocycles. The molecule has 1 N–H and O–H groups in total. The monoisotopic (exact) mass is 338 g/mol. The smallest absolute Gasteiger partial charge is 0.256 e. The molecule has 0 aromatic heterocycles. The standard InChI is InChI=1S/C20H22N2O3/c1-4-25-18-8-6-5-7-17(18)22-19(23)12-16(20(22)24)21-15-10-9-13(2)14(3)11-15/h5-11,16,21H,4,12H2,1-3H3/t16-/m0/s1. The van der Waals surface area contributed by atoms with Crippen molar-refractivity contribution in [3.8, 4) is 5.75 Å². The molecule has 1 fully saturated rings. The van der Waals surface area contributed by atoms with Crippen LogP contribution in [0.15, 0.2) is 42.5 Å². The summed E-state index contributed by atoms with van der Waals surface area (Å²) in [6.45, 7) is 6.40. The number of carbonyl (C=O) groups excluding carboxylic acids is 2. The molecule has 0 radical (unpaired) electrons. The summed E-state index contributed by atoms with van der Waals surface area (Å²) in [7, 11) is 0. The largest absolute Gasteiger partial charge is 0.492 e. The number of ether oxygens (including phenoxy) is 1. The van der Waals surface area contributed by atoms with E-state index in [2.05, 4.69) is 5.32 Å². The van der Waals surface area contributed by atoms with E-state index in [0.717, 1.165) is 11.3 Å². The van der Waals surface area contributed by atoms with Gasteiger partial charge in [-0.15, -0.1) is 0 Å². The molecule has 0 bridgehead atoms. The molecule has 5 nitrogen and oxygen atoms in total. The second-order valence-corrected chi connectivity index (χ2v) is 6.17. The van der Waals surface area contributed by atoms with Gasteiger partial charge < -0.3 is 10.1 Å². The Kier molecular flexibility index (Phi) is 4.74. The maximum Gasteiger partial charge on any atom is 0.256 e. The lowest BCUT2D eigenvalue weighted by Crippen LogP contribution is -2.35. The Morgan fingerprint density at radius 2 is 1.88 bits per heavy atom. The summed E-state index contributed by atoms with van der Waals surface area (Å²) in [6.07, 6.45) is 0.131. The molecule has 3 rings (SSSR count). The Morgan fingerprint density at radius 3 is 2.60 bits per heavy atom. The van der Waals surface area contributed by atoms with E-state index in [1.54, 1.807) is 18.2 Å². The first kappa shape index (κ1) is 17.0. The first-order chi connectivity index (χ1) is 12.0. The molecule has 2 amide bonds. The SMILES string of the molecule is CCOc1ccccc1N1C(=O)C[C@H](Nc2ccc(C)c(C)c2)C1=O. The third-order valence-electron chi connectivity index (χ3n) is 4.40. The fraction of sp³-hybridized carbons (Fsp3) is 0.300. The summed E-state index contributed by atoms with van der Waals surface area (Å²) < 4.78 is 5.56. The molecular formula is C20H22N2O3. The number of para-hydroxylation sites is 2. The van der Waals surface area contributed by atoms with Gasteiger partial charge >= 0.3 is 0 Å². The average Bonchev–Trinajstić information content (AvgIpc) is 2.86. The molecule has 1 heterocycles. The van der Waals surface area contributed by atoms with Gasteiger partial charge in [0.1, 0.15) is 11.8 Å². The Labute approximate surface area is 147 Å². The van der Waals surface area contributed by atoms with Crippen molar-refractivity contribution >= 4 is 23.2 Å². The van der Waals surface area contributed by atoms with Crippen LogP contribution in [0.2, 0.25) is 0 Å². The zero-order chi connectivity index (χ0) is 18.0. The lowest BCUT2D eigenvalue weighted by Gasteiger charge is -2.19. The number of amides is 2. The van der Waals surface area contributed by atoms with E-state index in [0.29, 0.717) is 18.0 Å². The zero-order valence-electron chi connectivity index (χ0n) is 14.7. The number of anilines is 2. The van der Waals surface area contributed by atoms with Gasteiger partial charge in [-0.1, -0.05) is 18.2 Å². The Hall–Kier alpha value is -2.82. The van der Waals surface area contributed by atoms with E-state index in [1.165, 1.54) is 10.5 Å². The van der Waals surface area contributed by atoms with Crippen LogP contribution in [0.3, 0.4) is 0 Å². The third-order valence-corrected chi connectivity index (χ3v) is 4.40. The van der Waals surface area contributed by atoms with Crippen LogP contribution in [-0.2, 0) is 9.59 Å². The molecular weight excluding hydrogens is 316 g/mol. The highest BCUT2D eigenvalue weighted by atomic mass is 16.5. The summed E-state index contributed by atoms with van der Waals surface area (Å²) in [6, 6.07) is 12.5. The highest BCUT2D eigenvalue weighted by molar-refractivity contribution is 6.23. The van der Waals surface area contributed by atoms with Gasteiger partial charge in [-0.2, -0.15) is 0 Å². The van der Waals surface area contributed by atoms with Crippen LogP contribution in [0, 0.1) is 13.8 Å².